The summed E-state index contributed by atoms with van der Waals surface area (Å²) in [5, 5.41) is 15.7. The van der Waals surface area contributed by atoms with Gasteiger partial charge in [0, 0.05) is 44.9 Å². The van der Waals surface area contributed by atoms with Crippen molar-refractivity contribution in [2.45, 2.75) is 12.5 Å². The number of aromatic nitrogens is 5. The maximum atomic E-state index is 14.3. The summed E-state index contributed by atoms with van der Waals surface area (Å²) in [4.78, 5) is 25.0. The van der Waals surface area contributed by atoms with E-state index in [1.165, 1.54) is 17.1 Å². The van der Waals surface area contributed by atoms with Gasteiger partial charge < -0.3 is 9.80 Å². The molecule has 2 aromatic heterocycles. The number of urea groups is 1. The molecule has 10 nitrogen and oxygen atoms in total. The molecule has 1 N–H and O–H groups in total. The second-order valence-corrected chi connectivity index (χ2v) is 8.70. The molecule has 176 valence electrons. The number of anilines is 1. The number of H-pyrrole nitrogens is 1. The van der Waals surface area contributed by atoms with Gasteiger partial charge in [0.25, 0.3) is 0 Å². The number of hydrogen-bond acceptors (Lipinski definition) is 7. The maximum absolute atomic E-state index is 14.3. The van der Waals surface area contributed by atoms with E-state index in [-0.39, 0.29) is 11.7 Å². The van der Waals surface area contributed by atoms with E-state index < -0.39 is 23.5 Å². The first-order valence-electron chi connectivity index (χ1n) is 10.3. The van der Waals surface area contributed by atoms with E-state index in [1.54, 1.807) is 11.1 Å². The van der Waals surface area contributed by atoms with Crippen LogP contribution in [0.25, 0.3) is 11.4 Å². The van der Waals surface area contributed by atoms with E-state index in [1.807, 2.05) is 27.5 Å². The molecule has 0 spiro atoms. The Morgan fingerprint density at radius 1 is 1.03 bits per heavy atom. The third-order valence-corrected chi connectivity index (χ3v) is 6.34. The van der Waals surface area contributed by atoms with Gasteiger partial charge in [0.15, 0.2) is 9.52 Å². The Morgan fingerprint density at radius 2 is 1.76 bits per heavy atom. The Morgan fingerprint density at radius 3 is 2.44 bits per heavy atom. The fraction of sp³-hybridized carbons (Fsp3) is 0.300. The minimum atomic E-state index is -0.707. The van der Waals surface area contributed by atoms with Crippen LogP contribution in [0.1, 0.15) is 18.0 Å². The van der Waals surface area contributed by atoms with Crippen LogP contribution in [0.5, 0.6) is 0 Å². The van der Waals surface area contributed by atoms with Gasteiger partial charge in [0.05, 0.1) is 12.2 Å². The molecule has 0 bridgehead atoms. The van der Waals surface area contributed by atoms with Gasteiger partial charge in [-0.05, 0) is 40.3 Å². The van der Waals surface area contributed by atoms with Crippen LogP contribution in [-0.4, -0.2) is 73.7 Å². The summed E-state index contributed by atoms with van der Waals surface area (Å²) < 4.78 is 42.2. The van der Waals surface area contributed by atoms with Crippen molar-refractivity contribution in [2.75, 3.05) is 31.1 Å². The minimum absolute atomic E-state index is 0.0400. The lowest BCUT2D eigenvalue weighted by molar-refractivity contribution is 0.139. The number of hydrogen-bond donors (Lipinski definition) is 1. The lowest BCUT2D eigenvalue weighted by atomic mass is 10.0. The number of carbonyl (C=O) groups is 1. The average Bonchev–Trinajstić information content (AvgIpc) is 3.48. The van der Waals surface area contributed by atoms with Crippen LogP contribution < -0.4 is 4.90 Å². The Labute approximate surface area is 205 Å². The largest absolute Gasteiger partial charge is 0.341 e. The van der Waals surface area contributed by atoms with Crippen molar-refractivity contribution >= 4 is 40.8 Å². The number of nitrogens with zero attached hydrogens (tertiary/aromatic N) is 8. The number of nitrogens with one attached hydrogen (secondary N) is 1. The highest BCUT2D eigenvalue weighted by atomic mass is 127. The number of hydrazone groups is 1. The van der Waals surface area contributed by atoms with Crippen LogP contribution in [0.4, 0.5) is 23.9 Å². The van der Waals surface area contributed by atoms with Crippen LogP contribution in [0.15, 0.2) is 29.5 Å². The van der Waals surface area contributed by atoms with E-state index in [4.69, 9.17) is 0 Å². The Kier molecular flexibility index (Phi) is 6.05. The Bertz CT molecular complexity index is 1240. The first-order valence-corrected chi connectivity index (χ1v) is 11.4. The Hall–Kier alpha value is -3.30. The van der Waals surface area contributed by atoms with Crippen LogP contribution in [0.3, 0.4) is 0 Å². The first-order chi connectivity index (χ1) is 16.4. The van der Waals surface area contributed by atoms with Gasteiger partial charge in [-0.1, -0.05) is 0 Å². The summed E-state index contributed by atoms with van der Waals surface area (Å²) in [6.07, 6.45) is 3.00. The zero-order valence-electron chi connectivity index (χ0n) is 17.5. The van der Waals surface area contributed by atoms with Gasteiger partial charge >= 0.3 is 6.03 Å². The van der Waals surface area contributed by atoms with Crippen LogP contribution in [-0.2, 0) is 0 Å². The van der Waals surface area contributed by atoms with Gasteiger partial charge in [-0.2, -0.15) is 15.4 Å². The SMILES string of the molecule is O=C(N1CCN(c2ncc(F)c(-c3n[nH]nc3I)n2)CC1)N1N=CCC1c1cc(F)cc(F)c1. The van der Waals surface area contributed by atoms with E-state index in [9.17, 15) is 18.0 Å². The van der Waals surface area contributed by atoms with Gasteiger partial charge in [-0.25, -0.2) is 32.9 Å². The highest BCUT2D eigenvalue weighted by Gasteiger charge is 2.34. The fourth-order valence-electron chi connectivity index (χ4n) is 3.93. The predicted octanol–water partition coefficient (Wildman–Crippen LogP) is 2.96. The average molecular weight is 583 g/mol. The molecule has 2 aliphatic heterocycles. The molecular formula is C20H17F3IN9O. The third kappa shape index (κ3) is 4.28. The van der Waals surface area contributed by atoms with Gasteiger partial charge in [0.1, 0.15) is 23.0 Å². The second kappa shape index (κ2) is 9.15. The summed E-state index contributed by atoms with van der Waals surface area (Å²) in [6.45, 7) is 1.49. The van der Waals surface area contributed by atoms with Gasteiger partial charge in [0.2, 0.25) is 5.95 Å². The lowest BCUT2D eigenvalue weighted by Gasteiger charge is -2.37. The molecule has 0 radical (unpaired) electrons. The number of amides is 2. The molecule has 4 heterocycles. The fourth-order valence-corrected chi connectivity index (χ4v) is 4.41. The second-order valence-electron chi connectivity index (χ2n) is 7.68. The topological polar surface area (TPSA) is 106 Å². The number of rotatable bonds is 3. The normalized spacial score (nSPS) is 18.1. The number of carbonyl (C=O) groups excluding carboxylic acids is 1. The summed E-state index contributed by atoms with van der Waals surface area (Å²) >= 11 is 1.93. The predicted molar refractivity (Wildman–Crippen MR) is 123 cm³/mol. The van der Waals surface area contributed by atoms with Crippen molar-refractivity contribution in [1.82, 2.24) is 35.3 Å². The molecule has 1 unspecified atom stereocenters. The number of aromatic amines is 1. The van der Waals surface area contributed by atoms with E-state index in [0.29, 0.717) is 53.5 Å². The third-order valence-electron chi connectivity index (χ3n) is 5.59. The van der Waals surface area contributed by atoms with Crippen molar-refractivity contribution in [1.29, 1.82) is 0 Å². The molecule has 0 saturated carbocycles. The van der Waals surface area contributed by atoms with Crippen LogP contribution in [0.2, 0.25) is 0 Å². The van der Waals surface area contributed by atoms with Crippen molar-refractivity contribution in [2.24, 2.45) is 5.10 Å². The van der Waals surface area contributed by atoms with Crippen molar-refractivity contribution in [3.8, 4) is 11.4 Å². The smallest absolute Gasteiger partial charge is 0.337 e. The molecule has 3 aromatic rings. The number of halogens is 4. The molecule has 1 fully saturated rings. The van der Waals surface area contributed by atoms with E-state index in [2.05, 4.69) is 30.5 Å². The van der Waals surface area contributed by atoms with E-state index >= 15 is 0 Å². The Balaban J connectivity index is 1.28. The highest BCUT2D eigenvalue weighted by molar-refractivity contribution is 14.1. The molecule has 1 atom stereocenters. The monoisotopic (exact) mass is 583 g/mol. The van der Waals surface area contributed by atoms with Crippen LogP contribution >= 0.6 is 22.6 Å². The van der Waals surface area contributed by atoms with Gasteiger partial charge in [-0.15, -0.1) is 5.10 Å². The van der Waals surface area contributed by atoms with Crippen LogP contribution in [0, 0.1) is 21.2 Å². The number of piperazine rings is 1. The van der Waals surface area contributed by atoms with Gasteiger partial charge in [-0.3, -0.25) is 0 Å². The lowest BCUT2D eigenvalue weighted by Crippen LogP contribution is -2.52. The molecule has 5 rings (SSSR count). The molecular weight excluding hydrogens is 566 g/mol. The molecule has 1 saturated heterocycles. The first kappa shape index (κ1) is 22.5. The zero-order chi connectivity index (χ0) is 23.8. The summed E-state index contributed by atoms with van der Waals surface area (Å²) in [5.74, 6) is -1.71. The standard InChI is InChI=1S/C20H17F3IN9O/c21-12-7-11(8-13(22)9-12)15-1-2-26-33(15)20(34)32-5-3-31(4-6-32)19-25-10-14(23)16(27-19)17-18(24)29-30-28-17/h2,7-10,15H,1,3-6H2,(H,28,29,30). The number of benzene rings is 1. The zero-order valence-corrected chi connectivity index (χ0v) is 19.7. The molecule has 0 aliphatic carbocycles. The minimum Gasteiger partial charge on any atom is -0.337 e. The summed E-state index contributed by atoms with van der Waals surface area (Å²) in [7, 11) is 0. The molecule has 14 heteroatoms. The molecule has 2 amide bonds. The molecule has 2 aliphatic rings. The summed E-state index contributed by atoms with van der Waals surface area (Å²) in [6, 6.07) is 2.27. The maximum Gasteiger partial charge on any atom is 0.341 e. The quantitative estimate of drug-likeness (QED) is 0.476. The summed E-state index contributed by atoms with van der Waals surface area (Å²) in [5.41, 5.74) is 0.678. The van der Waals surface area contributed by atoms with Crippen molar-refractivity contribution in [3.63, 3.8) is 0 Å². The van der Waals surface area contributed by atoms with Crippen molar-refractivity contribution < 1.29 is 18.0 Å². The highest BCUT2D eigenvalue weighted by Crippen LogP contribution is 2.31. The van der Waals surface area contributed by atoms with Crippen molar-refractivity contribution in [3.05, 3.63) is 51.1 Å². The van der Waals surface area contributed by atoms with E-state index in [0.717, 1.165) is 12.3 Å². The molecule has 1 aromatic carbocycles. The molecule has 34 heavy (non-hydrogen) atoms.